The first-order valence-electron chi connectivity index (χ1n) is 8.81. The van der Waals surface area contributed by atoms with Gasteiger partial charge in [0, 0.05) is 31.0 Å². The molecule has 0 amide bonds. The summed E-state index contributed by atoms with van der Waals surface area (Å²) < 4.78 is 16.5. The summed E-state index contributed by atoms with van der Waals surface area (Å²) in [7, 11) is 3.32. The van der Waals surface area contributed by atoms with Gasteiger partial charge in [0.2, 0.25) is 0 Å². The molecule has 1 N–H and O–H groups in total. The molecule has 140 valence electrons. The Bertz CT molecular complexity index is 836. The fourth-order valence-electron chi connectivity index (χ4n) is 2.68. The van der Waals surface area contributed by atoms with Gasteiger partial charge in [-0.2, -0.15) is 0 Å². The summed E-state index contributed by atoms with van der Waals surface area (Å²) in [6, 6.07) is 17.9. The first kappa shape index (κ1) is 18.7. The minimum atomic E-state index is 0.451. The van der Waals surface area contributed by atoms with E-state index in [0.717, 1.165) is 41.5 Å². The molecule has 1 heterocycles. The van der Waals surface area contributed by atoms with Crippen LogP contribution in [0.4, 0.5) is 0 Å². The molecule has 3 rings (SSSR count). The van der Waals surface area contributed by atoms with Crippen molar-refractivity contribution in [3.63, 3.8) is 0 Å². The van der Waals surface area contributed by atoms with Crippen LogP contribution in [-0.4, -0.2) is 19.2 Å². The minimum absolute atomic E-state index is 0.451. The van der Waals surface area contributed by atoms with Crippen molar-refractivity contribution >= 4 is 0 Å². The largest absolute Gasteiger partial charge is 0.497 e. The lowest BCUT2D eigenvalue weighted by atomic mass is 10.1. The van der Waals surface area contributed by atoms with E-state index in [0.29, 0.717) is 6.61 Å². The maximum absolute atomic E-state index is 5.94. The number of nitrogens with zero attached hydrogens (tertiary/aromatic N) is 1. The second-order valence-electron chi connectivity index (χ2n) is 6.09. The number of benzene rings is 2. The number of hydrogen-bond donors (Lipinski definition) is 1. The van der Waals surface area contributed by atoms with E-state index < -0.39 is 0 Å². The topological polar surface area (TPSA) is 52.6 Å². The van der Waals surface area contributed by atoms with Gasteiger partial charge in [-0.15, -0.1) is 0 Å². The van der Waals surface area contributed by atoms with Gasteiger partial charge < -0.3 is 19.5 Å². The molecular formula is C22H24N2O3. The maximum Gasteiger partial charge on any atom is 0.161 e. The van der Waals surface area contributed by atoms with Crippen LogP contribution in [0.3, 0.4) is 0 Å². The smallest absolute Gasteiger partial charge is 0.161 e. The predicted molar refractivity (Wildman–Crippen MR) is 105 cm³/mol. The van der Waals surface area contributed by atoms with E-state index in [1.165, 1.54) is 5.56 Å². The van der Waals surface area contributed by atoms with Crippen LogP contribution >= 0.6 is 0 Å². The number of ether oxygens (including phenoxy) is 3. The van der Waals surface area contributed by atoms with Crippen LogP contribution in [0.1, 0.15) is 16.7 Å². The molecule has 0 saturated carbocycles. The Morgan fingerprint density at radius 3 is 2.30 bits per heavy atom. The summed E-state index contributed by atoms with van der Waals surface area (Å²) in [5.74, 6) is 2.31. The van der Waals surface area contributed by atoms with Crippen molar-refractivity contribution in [1.29, 1.82) is 0 Å². The number of pyridine rings is 1. The highest BCUT2D eigenvalue weighted by Gasteiger charge is 2.07. The Balaban J connectivity index is 1.58. The second-order valence-corrected chi connectivity index (χ2v) is 6.09. The van der Waals surface area contributed by atoms with Gasteiger partial charge in [-0.25, -0.2) is 0 Å². The Morgan fingerprint density at radius 2 is 1.59 bits per heavy atom. The van der Waals surface area contributed by atoms with Crippen LogP contribution in [0.25, 0.3) is 0 Å². The standard InChI is InChI=1S/C22H24N2O3/c1-25-20-8-5-17(6-9-20)13-24-14-18-7-10-21(26-2)22(12-18)27-16-19-4-3-11-23-15-19/h3-12,15,24H,13-14,16H2,1-2H3. The van der Waals surface area contributed by atoms with Crippen molar-refractivity contribution in [1.82, 2.24) is 10.3 Å². The fourth-order valence-corrected chi connectivity index (χ4v) is 2.68. The number of nitrogens with one attached hydrogen (secondary N) is 1. The van der Waals surface area contributed by atoms with Crippen LogP contribution in [0.5, 0.6) is 17.2 Å². The van der Waals surface area contributed by atoms with Crippen LogP contribution in [0, 0.1) is 0 Å². The Hall–Kier alpha value is -3.05. The van der Waals surface area contributed by atoms with E-state index in [1.54, 1.807) is 26.6 Å². The number of aromatic nitrogens is 1. The van der Waals surface area contributed by atoms with Crippen LogP contribution in [0.15, 0.2) is 67.0 Å². The van der Waals surface area contributed by atoms with Crippen molar-refractivity contribution in [2.75, 3.05) is 14.2 Å². The highest BCUT2D eigenvalue weighted by atomic mass is 16.5. The molecule has 0 unspecified atom stereocenters. The molecule has 0 aliphatic carbocycles. The van der Waals surface area contributed by atoms with Crippen molar-refractivity contribution in [2.24, 2.45) is 0 Å². The first-order valence-corrected chi connectivity index (χ1v) is 8.81. The summed E-state index contributed by atoms with van der Waals surface area (Å²) >= 11 is 0. The van der Waals surface area contributed by atoms with Crippen LogP contribution in [0.2, 0.25) is 0 Å². The lowest BCUT2D eigenvalue weighted by Gasteiger charge is -2.13. The lowest BCUT2D eigenvalue weighted by Crippen LogP contribution is -2.12. The highest BCUT2D eigenvalue weighted by Crippen LogP contribution is 2.28. The molecule has 0 aliphatic heterocycles. The third kappa shape index (κ3) is 5.46. The monoisotopic (exact) mass is 364 g/mol. The van der Waals surface area contributed by atoms with Gasteiger partial charge in [-0.1, -0.05) is 24.3 Å². The lowest BCUT2D eigenvalue weighted by molar-refractivity contribution is 0.283. The zero-order valence-corrected chi connectivity index (χ0v) is 15.6. The Labute approximate surface area is 159 Å². The molecule has 0 radical (unpaired) electrons. The maximum atomic E-state index is 5.94. The summed E-state index contributed by atoms with van der Waals surface area (Å²) in [6.45, 7) is 1.97. The second kappa shape index (κ2) is 9.59. The highest BCUT2D eigenvalue weighted by molar-refractivity contribution is 5.43. The van der Waals surface area contributed by atoms with Crippen molar-refractivity contribution in [3.8, 4) is 17.2 Å². The van der Waals surface area contributed by atoms with Gasteiger partial charge in [-0.3, -0.25) is 4.98 Å². The van der Waals surface area contributed by atoms with E-state index in [2.05, 4.69) is 22.4 Å². The summed E-state index contributed by atoms with van der Waals surface area (Å²) in [5, 5.41) is 3.45. The summed E-state index contributed by atoms with van der Waals surface area (Å²) in [5.41, 5.74) is 3.35. The van der Waals surface area contributed by atoms with E-state index in [1.807, 2.05) is 42.5 Å². The molecule has 0 spiro atoms. The summed E-state index contributed by atoms with van der Waals surface area (Å²) in [6.07, 6.45) is 3.55. The molecule has 0 atom stereocenters. The van der Waals surface area contributed by atoms with Crippen LogP contribution in [-0.2, 0) is 19.7 Å². The molecule has 1 aromatic heterocycles. The van der Waals surface area contributed by atoms with Gasteiger partial charge >= 0.3 is 0 Å². The molecule has 0 bridgehead atoms. The molecule has 3 aromatic rings. The Morgan fingerprint density at radius 1 is 0.815 bits per heavy atom. The van der Waals surface area contributed by atoms with Gasteiger partial charge in [0.1, 0.15) is 12.4 Å². The molecule has 2 aromatic carbocycles. The number of rotatable bonds is 9. The van der Waals surface area contributed by atoms with E-state index in [4.69, 9.17) is 14.2 Å². The third-order valence-electron chi connectivity index (χ3n) is 4.16. The van der Waals surface area contributed by atoms with E-state index >= 15 is 0 Å². The Kier molecular flexibility index (Phi) is 6.66. The van der Waals surface area contributed by atoms with Gasteiger partial charge in [0.25, 0.3) is 0 Å². The minimum Gasteiger partial charge on any atom is -0.497 e. The molecule has 0 aliphatic rings. The SMILES string of the molecule is COc1ccc(CNCc2ccc(OC)c(OCc3cccnc3)c2)cc1. The molecule has 0 fully saturated rings. The van der Waals surface area contributed by atoms with Crippen LogP contribution < -0.4 is 19.5 Å². The molecule has 27 heavy (non-hydrogen) atoms. The molecule has 5 heteroatoms. The average molecular weight is 364 g/mol. The quantitative estimate of drug-likeness (QED) is 0.623. The number of methoxy groups -OCH3 is 2. The zero-order valence-electron chi connectivity index (χ0n) is 15.6. The third-order valence-corrected chi connectivity index (χ3v) is 4.16. The summed E-state index contributed by atoms with van der Waals surface area (Å²) in [4.78, 5) is 4.11. The van der Waals surface area contributed by atoms with Crippen molar-refractivity contribution < 1.29 is 14.2 Å². The zero-order chi connectivity index (χ0) is 18.9. The normalized spacial score (nSPS) is 10.4. The van der Waals surface area contributed by atoms with E-state index in [-0.39, 0.29) is 0 Å². The fraction of sp³-hybridized carbons (Fsp3) is 0.227. The predicted octanol–water partition coefficient (Wildman–Crippen LogP) is 3.97. The van der Waals surface area contributed by atoms with E-state index in [9.17, 15) is 0 Å². The average Bonchev–Trinajstić information content (AvgIpc) is 2.73. The van der Waals surface area contributed by atoms with Crippen molar-refractivity contribution in [3.05, 3.63) is 83.7 Å². The van der Waals surface area contributed by atoms with Gasteiger partial charge in [0.05, 0.1) is 14.2 Å². The first-order chi connectivity index (χ1) is 13.3. The molecule has 5 nitrogen and oxygen atoms in total. The van der Waals surface area contributed by atoms with Gasteiger partial charge in [0.15, 0.2) is 11.5 Å². The van der Waals surface area contributed by atoms with Gasteiger partial charge in [-0.05, 0) is 41.5 Å². The van der Waals surface area contributed by atoms with Crippen molar-refractivity contribution in [2.45, 2.75) is 19.7 Å². The number of hydrogen-bond acceptors (Lipinski definition) is 5. The molecular weight excluding hydrogens is 340 g/mol. The molecule has 0 saturated heterocycles.